The topological polar surface area (TPSA) is 30.5 Å². The molecule has 1 fully saturated rings. The van der Waals surface area contributed by atoms with E-state index < -0.39 is 0 Å². The van der Waals surface area contributed by atoms with Crippen molar-refractivity contribution in [1.82, 2.24) is 5.32 Å². The average Bonchev–Trinajstić information content (AvgIpc) is 2.37. The van der Waals surface area contributed by atoms with Crippen LogP contribution < -0.4 is 5.32 Å². The van der Waals surface area contributed by atoms with Gasteiger partial charge in [0, 0.05) is 25.9 Å². The molecule has 1 aliphatic rings. The van der Waals surface area contributed by atoms with E-state index in [4.69, 9.17) is 9.47 Å². The molecule has 0 aromatic carbocycles. The lowest BCUT2D eigenvalue weighted by Gasteiger charge is -2.22. The summed E-state index contributed by atoms with van der Waals surface area (Å²) in [7, 11) is 0. The summed E-state index contributed by atoms with van der Waals surface area (Å²) < 4.78 is 11.2. The zero-order chi connectivity index (χ0) is 12.3. The Bertz CT molecular complexity index is 170. The maximum Gasteiger partial charge on any atom is 0.0619 e. The minimum Gasteiger partial charge on any atom is -0.381 e. The fraction of sp³-hybridized carbons (Fsp3) is 1.00. The summed E-state index contributed by atoms with van der Waals surface area (Å²) >= 11 is 0. The lowest BCUT2D eigenvalue weighted by molar-refractivity contribution is -0.0327. The Morgan fingerprint density at radius 1 is 1.29 bits per heavy atom. The SMILES string of the molecule is CCCNC(C)CCCCOC1CCOCC1. The van der Waals surface area contributed by atoms with Gasteiger partial charge in [-0.1, -0.05) is 6.92 Å². The first-order valence-electron chi connectivity index (χ1n) is 7.25. The first kappa shape index (κ1) is 14.9. The van der Waals surface area contributed by atoms with Gasteiger partial charge in [-0.2, -0.15) is 0 Å². The normalized spacial score (nSPS) is 19.4. The predicted octanol–water partition coefficient (Wildman–Crippen LogP) is 2.74. The zero-order valence-corrected chi connectivity index (χ0v) is 11.5. The van der Waals surface area contributed by atoms with Gasteiger partial charge in [0.2, 0.25) is 0 Å². The quantitative estimate of drug-likeness (QED) is 0.632. The van der Waals surface area contributed by atoms with Crippen molar-refractivity contribution in [3.8, 4) is 0 Å². The molecule has 17 heavy (non-hydrogen) atoms. The molecule has 0 aliphatic carbocycles. The summed E-state index contributed by atoms with van der Waals surface area (Å²) in [4.78, 5) is 0. The maximum absolute atomic E-state index is 5.85. The Balaban J connectivity index is 1.86. The van der Waals surface area contributed by atoms with Crippen molar-refractivity contribution in [2.24, 2.45) is 0 Å². The lowest BCUT2D eigenvalue weighted by atomic mass is 10.1. The van der Waals surface area contributed by atoms with Crippen LogP contribution in [0.3, 0.4) is 0 Å². The summed E-state index contributed by atoms with van der Waals surface area (Å²) in [5, 5.41) is 3.52. The van der Waals surface area contributed by atoms with Gasteiger partial charge in [-0.15, -0.1) is 0 Å². The highest BCUT2D eigenvalue weighted by Gasteiger charge is 2.13. The number of hydrogen-bond donors (Lipinski definition) is 1. The molecule has 0 spiro atoms. The van der Waals surface area contributed by atoms with Crippen LogP contribution in [0.2, 0.25) is 0 Å². The Labute approximate surface area is 106 Å². The fourth-order valence-electron chi connectivity index (χ4n) is 2.14. The van der Waals surface area contributed by atoms with Crippen LogP contribution in [0.5, 0.6) is 0 Å². The summed E-state index contributed by atoms with van der Waals surface area (Å²) in [6.07, 6.45) is 7.55. The van der Waals surface area contributed by atoms with Crippen molar-refractivity contribution >= 4 is 0 Å². The van der Waals surface area contributed by atoms with E-state index >= 15 is 0 Å². The van der Waals surface area contributed by atoms with Gasteiger partial charge in [0.25, 0.3) is 0 Å². The Hall–Kier alpha value is -0.120. The van der Waals surface area contributed by atoms with Crippen LogP contribution in [0.1, 0.15) is 52.4 Å². The molecular formula is C14H29NO2. The van der Waals surface area contributed by atoms with Crippen molar-refractivity contribution in [2.75, 3.05) is 26.4 Å². The summed E-state index contributed by atoms with van der Waals surface area (Å²) in [5.74, 6) is 0. The third kappa shape index (κ3) is 7.74. The highest BCUT2D eigenvalue weighted by atomic mass is 16.5. The first-order valence-corrected chi connectivity index (χ1v) is 7.25. The highest BCUT2D eigenvalue weighted by molar-refractivity contribution is 4.63. The maximum atomic E-state index is 5.85. The molecule has 1 unspecified atom stereocenters. The summed E-state index contributed by atoms with van der Waals surface area (Å²) in [5.41, 5.74) is 0. The van der Waals surface area contributed by atoms with Gasteiger partial charge < -0.3 is 14.8 Å². The van der Waals surface area contributed by atoms with Crippen LogP contribution in [0.4, 0.5) is 0 Å². The molecule has 1 aliphatic heterocycles. The summed E-state index contributed by atoms with van der Waals surface area (Å²) in [6, 6.07) is 0.651. The van der Waals surface area contributed by atoms with Gasteiger partial charge in [-0.05, 0) is 52.0 Å². The van der Waals surface area contributed by atoms with Gasteiger partial charge in [-0.3, -0.25) is 0 Å². The van der Waals surface area contributed by atoms with Crippen LogP contribution in [-0.2, 0) is 9.47 Å². The molecule has 1 atom stereocenters. The zero-order valence-electron chi connectivity index (χ0n) is 11.5. The predicted molar refractivity (Wildman–Crippen MR) is 71.4 cm³/mol. The standard InChI is InChI=1S/C14H29NO2/c1-3-9-15-13(2)6-4-5-10-17-14-7-11-16-12-8-14/h13-15H,3-12H2,1-2H3. The molecule has 0 amide bonds. The number of hydrogen-bond acceptors (Lipinski definition) is 3. The van der Waals surface area contributed by atoms with E-state index in [9.17, 15) is 0 Å². The van der Waals surface area contributed by atoms with Gasteiger partial charge in [-0.25, -0.2) is 0 Å². The molecule has 3 nitrogen and oxygen atoms in total. The fourth-order valence-corrected chi connectivity index (χ4v) is 2.14. The van der Waals surface area contributed by atoms with Crippen LogP contribution in [0, 0.1) is 0 Å². The van der Waals surface area contributed by atoms with Crippen molar-refractivity contribution in [2.45, 2.75) is 64.5 Å². The first-order chi connectivity index (χ1) is 8.33. The number of unbranched alkanes of at least 4 members (excludes halogenated alkanes) is 1. The van der Waals surface area contributed by atoms with Crippen molar-refractivity contribution < 1.29 is 9.47 Å². The van der Waals surface area contributed by atoms with E-state index in [-0.39, 0.29) is 0 Å². The number of ether oxygens (including phenoxy) is 2. The molecule has 0 bridgehead atoms. The lowest BCUT2D eigenvalue weighted by Crippen LogP contribution is -2.26. The largest absolute Gasteiger partial charge is 0.381 e. The van der Waals surface area contributed by atoms with Crippen LogP contribution in [0.25, 0.3) is 0 Å². The van der Waals surface area contributed by atoms with Gasteiger partial charge in [0.15, 0.2) is 0 Å². The van der Waals surface area contributed by atoms with Crippen molar-refractivity contribution in [3.63, 3.8) is 0 Å². The average molecular weight is 243 g/mol. The number of rotatable bonds is 9. The highest BCUT2D eigenvalue weighted by Crippen LogP contribution is 2.11. The molecule has 0 radical (unpaired) electrons. The molecule has 102 valence electrons. The Kier molecular flexibility index (Phi) is 8.67. The van der Waals surface area contributed by atoms with Crippen molar-refractivity contribution in [3.05, 3.63) is 0 Å². The second kappa shape index (κ2) is 9.86. The van der Waals surface area contributed by atoms with Gasteiger partial charge in [0.1, 0.15) is 0 Å². The monoisotopic (exact) mass is 243 g/mol. The summed E-state index contributed by atoms with van der Waals surface area (Å²) in [6.45, 7) is 8.30. The third-order valence-corrected chi connectivity index (χ3v) is 3.30. The molecule has 1 heterocycles. The second-order valence-electron chi connectivity index (χ2n) is 5.03. The van der Waals surface area contributed by atoms with Crippen LogP contribution in [-0.4, -0.2) is 38.5 Å². The Morgan fingerprint density at radius 3 is 2.76 bits per heavy atom. The van der Waals surface area contributed by atoms with Gasteiger partial charge in [0.05, 0.1) is 6.10 Å². The molecular weight excluding hydrogens is 214 g/mol. The molecule has 3 heteroatoms. The molecule has 0 saturated carbocycles. The van der Waals surface area contributed by atoms with Crippen LogP contribution >= 0.6 is 0 Å². The van der Waals surface area contributed by atoms with E-state index in [0.717, 1.165) is 39.2 Å². The van der Waals surface area contributed by atoms with E-state index in [1.54, 1.807) is 0 Å². The van der Waals surface area contributed by atoms with Gasteiger partial charge >= 0.3 is 0 Å². The van der Waals surface area contributed by atoms with E-state index in [1.165, 1.54) is 25.7 Å². The molecule has 1 rings (SSSR count). The minimum atomic E-state index is 0.458. The smallest absolute Gasteiger partial charge is 0.0619 e. The molecule has 0 aromatic rings. The van der Waals surface area contributed by atoms with Crippen molar-refractivity contribution in [1.29, 1.82) is 0 Å². The second-order valence-corrected chi connectivity index (χ2v) is 5.03. The Morgan fingerprint density at radius 2 is 2.06 bits per heavy atom. The number of nitrogens with one attached hydrogen (secondary N) is 1. The van der Waals surface area contributed by atoms with Crippen LogP contribution in [0.15, 0.2) is 0 Å². The minimum absolute atomic E-state index is 0.458. The molecule has 1 N–H and O–H groups in total. The molecule has 0 aromatic heterocycles. The van der Waals surface area contributed by atoms with E-state index in [2.05, 4.69) is 19.2 Å². The van der Waals surface area contributed by atoms with E-state index in [1.807, 2.05) is 0 Å². The third-order valence-electron chi connectivity index (χ3n) is 3.30. The van der Waals surface area contributed by atoms with E-state index in [0.29, 0.717) is 12.1 Å². The molecule has 1 saturated heterocycles.